The lowest BCUT2D eigenvalue weighted by atomic mass is 9.97. The van der Waals surface area contributed by atoms with Crippen molar-refractivity contribution >= 4 is 11.6 Å². The third kappa shape index (κ3) is 3.48. The summed E-state index contributed by atoms with van der Waals surface area (Å²) >= 11 is 0. The van der Waals surface area contributed by atoms with E-state index in [0.717, 1.165) is 22.4 Å². The molecule has 0 saturated carbocycles. The second kappa shape index (κ2) is 7.04. The minimum Gasteiger partial charge on any atom is -0.335 e. The Kier molecular flexibility index (Phi) is 4.65. The molecule has 0 spiro atoms. The van der Waals surface area contributed by atoms with Gasteiger partial charge in [-0.3, -0.25) is 15.1 Å². The van der Waals surface area contributed by atoms with E-state index in [-0.39, 0.29) is 5.91 Å². The minimum absolute atomic E-state index is 0.164. The van der Waals surface area contributed by atoms with Crippen LogP contribution in [0, 0.1) is 13.8 Å². The Labute approximate surface area is 140 Å². The van der Waals surface area contributed by atoms with Gasteiger partial charge in [-0.25, -0.2) is 0 Å². The number of carbonyl (C=O) groups excluding carboxylic acids is 1. The smallest absolute Gasteiger partial charge is 0.232 e. The molecule has 2 aromatic carbocycles. The Balaban J connectivity index is 1.85. The summed E-state index contributed by atoms with van der Waals surface area (Å²) < 4.78 is 0. The molecular weight excluding hydrogens is 302 g/mol. The van der Waals surface area contributed by atoms with Gasteiger partial charge in [0.1, 0.15) is 0 Å². The third-order valence-corrected chi connectivity index (χ3v) is 4.11. The average molecular weight is 320 g/mol. The number of amides is 1. The average Bonchev–Trinajstić information content (AvgIpc) is 3.12. The van der Waals surface area contributed by atoms with Crippen LogP contribution in [0.4, 0.5) is 5.69 Å². The zero-order valence-corrected chi connectivity index (χ0v) is 13.6. The second-order valence-electron chi connectivity index (χ2n) is 5.72. The normalized spacial score (nSPS) is 11.9. The molecule has 0 fully saturated rings. The first kappa shape index (κ1) is 15.9. The van der Waals surface area contributed by atoms with Gasteiger partial charge in [0.25, 0.3) is 0 Å². The van der Waals surface area contributed by atoms with Crippen LogP contribution in [0.1, 0.15) is 28.4 Å². The lowest BCUT2D eigenvalue weighted by Gasteiger charge is -2.18. The zero-order chi connectivity index (χ0) is 16.9. The van der Waals surface area contributed by atoms with E-state index in [1.54, 1.807) is 0 Å². The lowest BCUT2D eigenvalue weighted by molar-refractivity contribution is -0.117. The van der Waals surface area contributed by atoms with Gasteiger partial charge in [0.2, 0.25) is 5.91 Å². The number of aromatic nitrogens is 4. The molecule has 6 nitrogen and oxygen atoms in total. The van der Waals surface area contributed by atoms with Crippen molar-refractivity contribution in [2.24, 2.45) is 0 Å². The Morgan fingerprint density at radius 2 is 1.92 bits per heavy atom. The summed E-state index contributed by atoms with van der Waals surface area (Å²) in [5.74, 6) is -0.369. The molecule has 0 aliphatic carbocycles. The molecule has 122 valence electrons. The quantitative estimate of drug-likeness (QED) is 0.780. The standard InChI is InChI=1S/C18H19N5O/c1-12-7-6-10-16(13(12)2)19-18(24)15(17-20-22-23-21-17)11-14-8-4-3-5-9-14/h3-10,15H,11H2,1-2H3,(H2,19,20,21,22,23,24)/p-1/t15-/m1/s1. The van der Waals surface area contributed by atoms with E-state index in [1.165, 1.54) is 0 Å². The fraction of sp³-hybridized carbons (Fsp3) is 0.222. The van der Waals surface area contributed by atoms with E-state index in [4.69, 9.17) is 0 Å². The fourth-order valence-corrected chi connectivity index (χ4v) is 2.55. The van der Waals surface area contributed by atoms with Crippen molar-refractivity contribution in [2.75, 3.05) is 5.32 Å². The summed E-state index contributed by atoms with van der Waals surface area (Å²) in [5.41, 5.74) is 4.00. The van der Waals surface area contributed by atoms with Gasteiger partial charge in [0.15, 0.2) is 0 Å². The van der Waals surface area contributed by atoms with Crippen LogP contribution in [0.5, 0.6) is 0 Å². The van der Waals surface area contributed by atoms with Crippen LogP contribution < -0.4 is 10.4 Å². The van der Waals surface area contributed by atoms with Gasteiger partial charge >= 0.3 is 0 Å². The third-order valence-electron chi connectivity index (χ3n) is 4.11. The van der Waals surface area contributed by atoms with Gasteiger partial charge in [0.05, 0.1) is 5.92 Å². The largest absolute Gasteiger partial charge is 0.335 e. The van der Waals surface area contributed by atoms with Crippen LogP contribution in [0.25, 0.3) is 0 Å². The number of anilines is 1. The highest BCUT2D eigenvalue weighted by molar-refractivity contribution is 5.96. The SMILES string of the molecule is Cc1cccc(NC(=O)[C@H](Cc2ccccc2)c2nnn[n-]2)c1C. The molecule has 0 aliphatic rings. The Morgan fingerprint density at radius 3 is 2.62 bits per heavy atom. The Morgan fingerprint density at radius 1 is 1.12 bits per heavy atom. The first-order valence-corrected chi connectivity index (χ1v) is 7.75. The van der Waals surface area contributed by atoms with Crippen LogP contribution in [0.2, 0.25) is 0 Å². The molecule has 3 aromatic rings. The van der Waals surface area contributed by atoms with E-state index in [2.05, 4.69) is 25.9 Å². The molecule has 1 N–H and O–H groups in total. The molecule has 0 bridgehead atoms. The summed E-state index contributed by atoms with van der Waals surface area (Å²) in [4.78, 5) is 12.8. The van der Waals surface area contributed by atoms with Crippen molar-refractivity contribution in [3.8, 4) is 0 Å². The van der Waals surface area contributed by atoms with Crippen LogP contribution in [-0.2, 0) is 11.2 Å². The zero-order valence-electron chi connectivity index (χ0n) is 13.6. The predicted octanol–water partition coefficient (Wildman–Crippen LogP) is 2.41. The molecular formula is C18H18N5O-. The number of rotatable bonds is 5. The van der Waals surface area contributed by atoms with Crippen molar-refractivity contribution in [3.63, 3.8) is 0 Å². The number of tetrazole rings is 1. The van der Waals surface area contributed by atoms with E-state index in [0.29, 0.717) is 12.2 Å². The summed E-state index contributed by atoms with van der Waals surface area (Å²) in [6, 6.07) is 15.6. The maximum atomic E-state index is 12.8. The lowest BCUT2D eigenvalue weighted by Crippen LogP contribution is -2.25. The van der Waals surface area contributed by atoms with E-state index in [9.17, 15) is 4.79 Å². The van der Waals surface area contributed by atoms with Gasteiger partial charge in [-0.15, -0.1) is 0 Å². The second-order valence-corrected chi connectivity index (χ2v) is 5.72. The predicted molar refractivity (Wildman–Crippen MR) is 90.6 cm³/mol. The van der Waals surface area contributed by atoms with Gasteiger partial charge in [0, 0.05) is 11.5 Å². The molecule has 1 heterocycles. The molecule has 0 aliphatic heterocycles. The summed E-state index contributed by atoms with van der Waals surface area (Å²) in [6.07, 6.45) is 0.491. The Bertz CT molecular complexity index is 815. The molecule has 0 radical (unpaired) electrons. The van der Waals surface area contributed by atoms with Crippen molar-refractivity contribution in [2.45, 2.75) is 26.2 Å². The molecule has 1 aromatic heterocycles. The number of hydrogen-bond donors (Lipinski definition) is 1. The molecule has 1 amide bonds. The molecule has 24 heavy (non-hydrogen) atoms. The summed E-state index contributed by atoms with van der Waals surface area (Å²) in [6.45, 7) is 4.00. The first-order valence-electron chi connectivity index (χ1n) is 7.75. The van der Waals surface area contributed by atoms with Crippen molar-refractivity contribution < 1.29 is 4.79 Å². The van der Waals surface area contributed by atoms with Gasteiger partial charge in [-0.1, -0.05) is 42.5 Å². The highest BCUT2D eigenvalue weighted by Gasteiger charge is 2.21. The highest BCUT2D eigenvalue weighted by Crippen LogP contribution is 2.22. The molecule has 0 unspecified atom stereocenters. The van der Waals surface area contributed by atoms with E-state index >= 15 is 0 Å². The molecule has 1 atom stereocenters. The number of carbonyl (C=O) groups is 1. The van der Waals surface area contributed by atoms with Crippen molar-refractivity contribution in [3.05, 3.63) is 71.0 Å². The molecule has 3 rings (SSSR count). The van der Waals surface area contributed by atoms with Gasteiger partial charge in [-0.2, -0.15) is 5.21 Å². The fourth-order valence-electron chi connectivity index (χ4n) is 2.55. The number of nitrogens with zero attached hydrogens (tertiary/aromatic N) is 4. The number of aryl methyl sites for hydroxylation is 1. The summed E-state index contributed by atoms with van der Waals surface area (Å²) in [5, 5.41) is 17.8. The molecule has 6 heteroatoms. The van der Waals surface area contributed by atoms with Gasteiger partial charge in [-0.05, 0) is 43.0 Å². The van der Waals surface area contributed by atoms with Gasteiger partial charge < -0.3 is 10.4 Å². The maximum absolute atomic E-state index is 12.8. The minimum atomic E-state index is -0.540. The molecule has 0 saturated heterocycles. The summed E-state index contributed by atoms with van der Waals surface area (Å²) in [7, 11) is 0. The van der Waals surface area contributed by atoms with Crippen molar-refractivity contribution in [1.82, 2.24) is 20.6 Å². The Hall–Kier alpha value is -3.02. The number of benzene rings is 2. The van der Waals surface area contributed by atoms with Crippen LogP contribution in [0.3, 0.4) is 0 Å². The monoisotopic (exact) mass is 320 g/mol. The van der Waals surface area contributed by atoms with Crippen LogP contribution in [0.15, 0.2) is 48.5 Å². The van der Waals surface area contributed by atoms with E-state index in [1.807, 2.05) is 62.4 Å². The number of hydrogen-bond acceptors (Lipinski definition) is 4. The first-order chi connectivity index (χ1) is 11.6. The van der Waals surface area contributed by atoms with Crippen LogP contribution in [-0.4, -0.2) is 21.4 Å². The van der Waals surface area contributed by atoms with E-state index < -0.39 is 5.92 Å². The highest BCUT2D eigenvalue weighted by atomic mass is 16.1. The number of nitrogens with one attached hydrogen (secondary N) is 1. The van der Waals surface area contributed by atoms with Crippen LogP contribution >= 0.6 is 0 Å². The maximum Gasteiger partial charge on any atom is 0.232 e. The van der Waals surface area contributed by atoms with Crippen molar-refractivity contribution in [1.29, 1.82) is 0 Å². The topological polar surface area (TPSA) is 81.9 Å².